The number of carboxylic acid groups (broad SMARTS) is 1. The molecule has 0 aliphatic carbocycles. The number of nitrogens with zero attached hydrogens (tertiary/aromatic N) is 1. The fourth-order valence-electron chi connectivity index (χ4n) is 2.05. The maximum atomic E-state index is 11.8. The fraction of sp³-hybridized carbons (Fsp3) is 0.818. The highest BCUT2D eigenvalue weighted by Gasteiger charge is 2.35. The van der Waals surface area contributed by atoms with Crippen LogP contribution in [0, 0.1) is 5.41 Å². The largest absolute Gasteiger partial charge is 0.481 e. The molecule has 1 unspecified atom stereocenters. The van der Waals surface area contributed by atoms with Crippen LogP contribution in [0.15, 0.2) is 0 Å². The van der Waals surface area contributed by atoms with Crippen LogP contribution in [0.25, 0.3) is 0 Å². The van der Waals surface area contributed by atoms with Crippen molar-refractivity contribution >= 4 is 11.9 Å². The monoisotopic (exact) mass is 228 g/mol. The lowest BCUT2D eigenvalue weighted by atomic mass is 9.93. The van der Waals surface area contributed by atoms with Crippen molar-refractivity contribution in [3.05, 3.63) is 0 Å². The van der Waals surface area contributed by atoms with Gasteiger partial charge >= 0.3 is 5.97 Å². The Morgan fingerprint density at radius 3 is 2.75 bits per heavy atom. The molecule has 1 amide bonds. The van der Waals surface area contributed by atoms with Crippen LogP contribution < -0.4 is 5.32 Å². The van der Waals surface area contributed by atoms with Crippen molar-refractivity contribution in [1.29, 1.82) is 0 Å². The van der Waals surface area contributed by atoms with Crippen LogP contribution in [0.4, 0.5) is 0 Å². The third-order valence-corrected chi connectivity index (χ3v) is 2.89. The lowest BCUT2D eigenvalue weighted by Crippen LogP contribution is -2.45. The van der Waals surface area contributed by atoms with Gasteiger partial charge in [0.25, 0.3) is 0 Å². The van der Waals surface area contributed by atoms with Crippen LogP contribution in [0.2, 0.25) is 0 Å². The van der Waals surface area contributed by atoms with Crippen LogP contribution in [0.5, 0.6) is 0 Å². The Morgan fingerprint density at radius 2 is 2.25 bits per heavy atom. The second-order valence-corrected chi connectivity index (χ2v) is 5.06. The standard InChI is InChI=1S/C11H20N2O3/c1-4-13-7-11(2,3)6-12-10(16)8(13)5-9(14)15/h8H,4-7H2,1-3H3,(H,12,16)(H,14,15). The van der Waals surface area contributed by atoms with Crippen molar-refractivity contribution in [3.8, 4) is 0 Å². The van der Waals surface area contributed by atoms with E-state index in [2.05, 4.69) is 19.2 Å². The van der Waals surface area contributed by atoms with Crippen LogP contribution in [-0.2, 0) is 9.59 Å². The van der Waals surface area contributed by atoms with Gasteiger partial charge in [-0.15, -0.1) is 0 Å². The van der Waals surface area contributed by atoms with E-state index in [4.69, 9.17) is 5.11 Å². The van der Waals surface area contributed by atoms with Gasteiger partial charge < -0.3 is 10.4 Å². The summed E-state index contributed by atoms with van der Waals surface area (Å²) in [6.07, 6.45) is -0.129. The second kappa shape index (κ2) is 4.82. The van der Waals surface area contributed by atoms with E-state index in [1.165, 1.54) is 0 Å². The zero-order chi connectivity index (χ0) is 12.3. The minimum Gasteiger partial charge on any atom is -0.481 e. The van der Waals surface area contributed by atoms with Crippen molar-refractivity contribution in [1.82, 2.24) is 10.2 Å². The third kappa shape index (κ3) is 3.20. The molecule has 1 aliphatic rings. The lowest BCUT2D eigenvalue weighted by Gasteiger charge is -2.30. The Morgan fingerprint density at radius 1 is 1.62 bits per heavy atom. The normalized spacial score (nSPS) is 25.9. The van der Waals surface area contributed by atoms with Gasteiger partial charge in [-0.1, -0.05) is 20.8 Å². The maximum Gasteiger partial charge on any atom is 0.305 e. The van der Waals surface area contributed by atoms with Crippen LogP contribution in [0.3, 0.4) is 0 Å². The molecule has 0 bridgehead atoms. The summed E-state index contributed by atoms with van der Waals surface area (Å²) in [7, 11) is 0. The Hall–Kier alpha value is -1.10. The van der Waals surface area contributed by atoms with Crippen molar-refractivity contribution in [2.45, 2.75) is 33.2 Å². The summed E-state index contributed by atoms with van der Waals surface area (Å²) in [6, 6.07) is -0.538. The molecule has 0 aromatic heterocycles. The number of carboxylic acids is 1. The second-order valence-electron chi connectivity index (χ2n) is 5.06. The highest BCUT2D eigenvalue weighted by atomic mass is 16.4. The van der Waals surface area contributed by atoms with Crippen molar-refractivity contribution in [2.75, 3.05) is 19.6 Å². The van der Waals surface area contributed by atoms with Gasteiger partial charge in [-0.2, -0.15) is 0 Å². The lowest BCUT2D eigenvalue weighted by molar-refractivity contribution is -0.141. The summed E-state index contributed by atoms with van der Waals surface area (Å²) in [4.78, 5) is 24.5. The first-order chi connectivity index (χ1) is 7.35. The number of nitrogens with one attached hydrogen (secondary N) is 1. The molecule has 2 N–H and O–H groups in total. The molecule has 0 spiro atoms. The quantitative estimate of drug-likeness (QED) is 0.729. The number of amides is 1. The molecule has 1 heterocycles. The van der Waals surface area contributed by atoms with E-state index in [1.54, 1.807) is 0 Å². The Kier molecular flexibility index (Phi) is 3.91. The molecule has 1 aliphatic heterocycles. The van der Waals surface area contributed by atoms with Crippen molar-refractivity contribution in [3.63, 3.8) is 0 Å². The van der Waals surface area contributed by atoms with E-state index in [9.17, 15) is 9.59 Å². The highest BCUT2D eigenvalue weighted by molar-refractivity contribution is 5.86. The number of aliphatic carboxylic acids is 1. The van der Waals surface area contributed by atoms with Crippen LogP contribution in [-0.4, -0.2) is 47.6 Å². The van der Waals surface area contributed by atoms with E-state index in [1.807, 2.05) is 11.8 Å². The maximum absolute atomic E-state index is 11.8. The zero-order valence-electron chi connectivity index (χ0n) is 10.1. The summed E-state index contributed by atoms with van der Waals surface area (Å²) in [6.45, 7) is 8.11. The predicted molar refractivity (Wildman–Crippen MR) is 60.1 cm³/mol. The first-order valence-electron chi connectivity index (χ1n) is 5.59. The molecule has 92 valence electrons. The zero-order valence-corrected chi connectivity index (χ0v) is 10.1. The molecule has 1 atom stereocenters. The third-order valence-electron chi connectivity index (χ3n) is 2.89. The number of carbonyl (C=O) groups excluding carboxylic acids is 1. The van der Waals surface area contributed by atoms with Gasteiger partial charge in [0.05, 0.1) is 12.5 Å². The fourth-order valence-corrected chi connectivity index (χ4v) is 2.05. The van der Waals surface area contributed by atoms with E-state index in [-0.39, 0.29) is 17.7 Å². The number of likely N-dealkylation sites (N-methyl/N-ethyl adjacent to an activating group) is 1. The van der Waals surface area contributed by atoms with Gasteiger partial charge in [-0.25, -0.2) is 0 Å². The molecule has 1 fully saturated rings. The molecule has 0 saturated carbocycles. The Bertz CT molecular complexity index is 289. The molecule has 0 radical (unpaired) electrons. The molecular weight excluding hydrogens is 208 g/mol. The van der Waals surface area contributed by atoms with Gasteiger partial charge in [0.1, 0.15) is 0 Å². The van der Waals surface area contributed by atoms with E-state index < -0.39 is 12.0 Å². The molecule has 16 heavy (non-hydrogen) atoms. The van der Waals surface area contributed by atoms with E-state index in [0.29, 0.717) is 13.1 Å². The molecular formula is C11H20N2O3. The van der Waals surface area contributed by atoms with Crippen molar-refractivity contribution in [2.24, 2.45) is 5.41 Å². The molecule has 0 aromatic carbocycles. The van der Waals surface area contributed by atoms with Gasteiger partial charge in [-0.3, -0.25) is 14.5 Å². The summed E-state index contributed by atoms with van der Waals surface area (Å²) in [5, 5.41) is 11.6. The molecule has 1 saturated heterocycles. The minimum absolute atomic E-state index is 0.0150. The van der Waals surface area contributed by atoms with Gasteiger partial charge in [0.15, 0.2) is 0 Å². The summed E-state index contributed by atoms with van der Waals surface area (Å²) in [5.74, 6) is -1.10. The average Bonchev–Trinajstić information content (AvgIpc) is 2.28. The average molecular weight is 228 g/mol. The number of hydrogen-bond donors (Lipinski definition) is 2. The van der Waals surface area contributed by atoms with Gasteiger partial charge in [0.2, 0.25) is 5.91 Å². The molecule has 5 heteroatoms. The number of hydrogen-bond acceptors (Lipinski definition) is 3. The van der Waals surface area contributed by atoms with Crippen LogP contribution in [0.1, 0.15) is 27.2 Å². The molecule has 0 aromatic rings. The van der Waals surface area contributed by atoms with E-state index >= 15 is 0 Å². The summed E-state index contributed by atoms with van der Waals surface area (Å²) < 4.78 is 0. The van der Waals surface area contributed by atoms with Crippen LogP contribution >= 0.6 is 0 Å². The SMILES string of the molecule is CCN1CC(C)(C)CNC(=O)C1CC(=O)O. The first kappa shape index (κ1) is 13.0. The predicted octanol–water partition coefficient (Wildman–Crippen LogP) is 0.308. The molecule has 5 nitrogen and oxygen atoms in total. The topological polar surface area (TPSA) is 69.6 Å². The Balaban J connectivity index is 2.85. The Labute approximate surface area is 95.8 Å². The number of carbonyl (C=O) groups is 2. The highest BCUT2D eigenvalue weighted by Crippen LogP contribution is 2.21. The smallest absolute Gasteiger partial charge is 0.305 e. The molecule has 1 rings (SSSR count). The van der Waals surface area contributed by atoms with Gasteiger partial charge in [-0.05, 0) is 12.0 Å². The summed E-state index contributed by atoms with van der Waals surface area (Å²) in [5.41, 5.74) is -0.0150. The minimum atomic E-state index is -0.932. The van der Waals surface area contributed by atoms with Gasteiger partial charge in [0, 0.05) is 13.1 Å². The first-order valence-corrected chi connectivity index (χ1v) is 5.59. The summed E-state index contributed by atoms with van der Waals surface area (Å²) >= 11 is 0. The van der Waals surface area contributed by atoms with E-state index in [0.717, 1.165) is 6.54 Å². The number of rotatable bonds is 3. The van der Waals surface area contributed by atoms with Crippen molar-refractivity contribution < 1.29 is 14.7 Å².